The third-order valence-corrected chi connectivity index (χ3v) is 10.0. The second kappa shape index (κ2) is 26.3. The van der Waals surface area contributed by atoms with E-state index in [0.29, 0.717) is 43.3 Å². The van der Waals surface area contributed by atoms with Crippen molar-refractivity contribution in [3.05, 3.63) is 77.4 Å². The molecular formula is C45H63N7O7. The lowest BCUT2D eigenvalue weighted by atomic mass is 9.99. The van der Waals surface area contributed by atoms with Crippen LogP contribution in [0.3, 0.4) is 0 Å². The van der Waals surface area contributed by atoms with Crippen LogP contribution in [0.1, 0.15) is 109 Å². The number of unbranched alkanes of at least 4 members (excludes halogenated alkanes) is 6. The molecule has 0 aliphatic carbocycles. The second-order valence-electron chi connectivity index (χ2n) is 15.1. The van der Waals surface area contributed by atoms with Crippen LogP contribution >= 0.6 is 0 Å². The normalized spacial score (nSPS) is 12.5. The molecule has 0 fully saturated rings. The first-order valence-electron chi connectivity index (χ1n) is 20.9. The van der Waals surface area contributed by atoms with Gasteiger partial charge in [0, 0.05) is 48.8 Å². The largest absolute Gasteiger partial charge is 0.445 e. The maximum Gasteiger partial charge on any atom is 0.407 e. The molecule has 0 saturated heterocycles. The number of benzene rings is 2. The molecule has 4 rings (SSSR count). The van der Waals surface area contributed by atoms with Crippen molar-refractivity contribution in [2.75, 3.05) is 30.7 Å². The summed E-state index contributed by atoms with van der Waals surface area (Å²) in [6.45, 7) is 9.37. The summed E-state index contributed by atoms with van der Waals surface area (Å²) in [5.74, 6) is 0.341. The first kappa shape index (κ1) is 47.6. The molecule has 1 aliphatic rings. The number of hydrogen-bond acceptors (Lipinski definition) is 9. The number of aryl methyl sites for hydroxylation is 2. The molecule has 6 amide bonds. The van der Waals surface area contributed by atoms with Gasteiger partial charge in [-0.2, -0.15) is 0 Å². The smallest absolute Gasteiger partial charge is 0.407 e. The minimum absolute atomic E-state index is 0.0705. The second-order valence-corrected chi connectivity index (χ2v) is 15.1. The molecule has 2 heterocycles. The van der Waals surface area contributed by atoms with Crippen LogP contribution in [-0.2, 0) is 48.2 Å². The standard InChI is InChI=1S/C30H39N5O4.C15H24N2O3/c1-2-3-5-10-24-18-26-23(11-8-12-27(26)35-29(24)31)9-6-4-7-17-33-30(38)39-20-22-13-15-25(16-14-22)34-28(37)19-32-21-36;1-11(2)12(3)16-13(18)7-5-4-6-10-17-14(19)8-9-15(17)20/h8,11-16,18,21H,2-7,9-10,17,19-20H2,1H3,(H2,31,35)(H,32,36)(H,33,38)(H,34,37);8-9,11-12H,4-7,10H2,1-3H3,(H,16,18). The van der Waals surface area contributed by atoms with Gasteiger partial charge in [0.2, 0.25) is 18.2 Å². The van der Waals surface area contributed by atoms with Crippen LogP contribution in [0.2, 0.25) is 0 Å². The zero-order valence-corrected chi connectivity index (χ0v) is 35.1. The van der Waals surface area contributed by atoms with Crippen LogP contribution in [0.25, 0.3) is 10.9 Å². The molecule has 59 heavy (non-hydrogen) atoms. The molecule has 0 radical (unpaired) electrons. The van der Waals surface area contributed by atoms with Crippen molar-refractivity contribution in [2.45, 2.75) is 117 Å². The van der Waals surface area contributed by atoms with E-state index in [1.54, 1.807) is 24.3 Å². The lowest BCUT2D eigenvalue weighted by molar-refractivity contribution is -0.137. The molecule has 1 aromatic heterocycles. The first-order valence-corrected chi connectivity index (χ1v) is 20.9. The van der Waals surface area contributed by atoms with Gasteiger partial charge in [-0.1, -0.05) is 70.7 Å². The highest BCUT2D eigenvalue weighted by Gasteiger charge is 2.22. The number of imide groups is 1. The third-order valence-electron chi connectivity index (χ3n) is 10.0. The fraction of sp³-hybridized carbons (Fsp3) is 0.489. The number of nitrogens with zero attached hydrogens (tertiary/aromatic N) is 2. The van der Waals surface area contributed by atoms with Crippen LogP contribution in [0.4, 0.5) is 16.3 Å². The van der Waals surface area contributed by atoms with Crippen molar-refractivity contribution in [3.8, 4) is 0 Å². The van der Waals surface area contributed by atoms with Gasteiger partial charge >= 0.3 is 6.09 Å². The van der Waals surface area contributed by atoms with Gasteiger partial charge in [-0.25, -0.2) is 9.78 Å². The number of pyridine rings is 1. The minimum Gasteiger partial charge on any atom is -0.445 e. The number of aromatic nitrogens is 1. The number of nitrogens with one attached hydrogen (secondary N) is 4. The fourth-order valence-corrected chi connectivity index (χ4v) is 6.21. The van der Waals surface area contributed by atoms with Gasteiger partial charge in [0.25, 0.3) is 11.8 Å². The Kier molecular flexibility index (Phi) is 21.2. The van der Waals surface area contributed by atoms with Gasteiger partial charge in [-0.15, -0.1) is 0 Å². The third kappa shape index (κ3) is 17.7. The highest BCUT2D eigenvalue weighted by Crippen LogP contribution is 2.25. The summed E-state index contributed by atoms with van der Waals surface area (Å²) >= 11 is 0. The van der Waals surface area contributed by atoms with Crippen LogP contribution in [0.15, 0.2) is 60.7 Å². The molecule has 2 aromatic carbocycles. The maximum absolute atomic E-state index is 12.0. The van der Waals surface area contributed by atoms with Gasteiger partial charge < -0.3 is 31.7 Å². The minimum atomic E-state index is -0.458. The number of amides is 6. The summed E-state index contributed by atoms with van der Waals surface area (Å²) in [4.78, 5) is 74.0. The summed E-state index contributed by atoms with van der Waals surface area (Å²) in [5.41, 5.74) is 11.0. The number of ether oxygens (including phenoxy) is 1. The van der Waals surface area contributed by atoms with Gasteiger partial charge in [0.05, 0.1) is 12.1 Å². The maximum atomic E-state index is 12.0. The lowest BCUT2D eigenvalue weighted by Crippen LogP contribution is -2.35. The van der Waals surface area contributed by atoms with Crippen LogP contribution < -0.4 is 27.0 Å². The molecule has 3 aromatic rings. The number of nitrogen functional groups attached to an aromatic ring is 1. The monoisotopic (exact) mass is 813 g/mol. The number of anilines is 2. The van der Waals surface area contributed by atoms with Gasteiger partial charge in [0.15, 0.2) is 0 Å². The van der Waals surface area contributed by atoms with Crippen molar-refractivity contribution >= 4 is 58.5 Å². The molecule has 0 saturated carbocycles. The number of carbonyl (C=O) groups excluding carboxylic acids is 6. The molecule has 0 spiro atoms. The number of hydrogen-bond donors (Lipinski definition) is 5. The van der Waals surface area contributed by atoms with E-state index >= 15 is 0 Å². The Morgan fingerprint density at radius 3 is 2.24 bits per heavy atom. The van der Waals surface area contributed by atoms with E-state index in [-0.39, 0.29) is 42.8 Å². The summed E-state index contributed by atoms with van der Waals surface area (Å²) in [7, 11) is 0. The summed E-state index contributed by atoms with van der Waals surface area (Å²) in [6, 6.07) is 15.6. The molecule has 0 bridgehead atoms. The zero-order valence-electron chi connectivity index (χ0n) is 35.1. The number of fused-ring (bicyclic) bond motifs is 1. The van der Waals surface area contributed by atoms with Crippen molar-refractivity contribution in [1.29, 1.82) is 0 Å². The first-order chi connectivity index (χ1) is 28.4. The van der Waals surface area contributed by atoms with Crippen molar-refractivity contribution in [3.63, 3.8) is 0 Å². The van der Waals surface area contributed by atoms with Crippen LogP contribution in [0, 0.1) is 5.92 Å². The van der Waals surface area contributed by atoms with Gasteiger partial charge in [-0.05, 0) is 98.7 Å². The highest BCUT2D eigenvalue weighted by atomic mass is 16.5. The number of rotatable bonds is 24. The van der Waals surface area contributed by atoms with E-state index in [0.717, 1.165) is 74.4 Å². The Balaban J connectivity index is 0.000000391. The van der Waals surface area contributed by atoms with E-state index in [9.17, 15) is 28.8 Å². The fourth-order valence-electron chi connectivity index (χ4n) is 6.21. The van der Waals surface area contributed by atoms with E-state index < -0.39 is 6.09 Å². The number of carbonyl (C=O) groups is 6. The van der Waals surface area contributed by atoms with E-state index in [2.05, 4.69) is 59.2 Å². The van der Waals surface area contributed by atoms with E-state index in [4.69, 9.17) is 10.5 Å². The Labute approximate surface area is 348 Å². The van der Waals surface area contributed by atoms with Crippen LogP contribution in [-0.4, -0.2) is 71.7 Å². The Morgan fingerprint density at radius 1 is 0.847 bits per heavy atom. The lowest BCUT2D eigenvalue weighted by Gasteiger charge is -2.17. The molecule has 1 atom stereocenters. The summed E-state index contributed by atoms with van der Waals surface area (Å²) in [6.07, 6.45) is 13.7. The molecule has 1 unspecified atom stereocenters. The Bertz CT molecular complexity index is 1850. The van der Waals surface area contributed by atoms with Gasteiger partial charge in [-0.3, -0.25) is 28.9 Å². The number of nitrogens with two attached hydrogens (primary N) is 1. The quantitative estimate of drug-likeness (QED) is 0.0380. The predicted octanol–water partition coefficient (Wildman–Crippen LogP) is 6.51. The SMILES string of the molecule is CC(C)C(C)NC(=O)CCCCCN1C(=O)C=CC1=O.CCCCCc1cc2c(CCCCCNC(=O)OCc3ccc(NC(=O)CNC=O)cc3)cccc2nc1N. The van der Waals surface area contributed by atoms with Crippen molar-refractivity contribution < 1.29 is 33.5 Å². The summed E-state index contributed by atoms with van der Waals surface area (Å²) < 4.78 is 5.28. The van der Waals surface area contributed by atoms with Crippen molar-refractivity contribution in [2.24, 2.45) is 5.92 Å². The highest BCUT2D eigenvalue weighted by molar-refractivity contribution is 6.12. The van der Waals surface area contributed by atoms with E-state index in [1.165, 1.54) is 40.8 Å². The van der Waals surface area contributed by atoms with Gasteiger partial charge in [0.1, 0.15) is 12.4 Å². The zero-order chi connectivity index (χ0) is 43.0. The molecular weight excluding hydrogens is 751 g/mol. The average molecular weight is 814 g/mol. The molecule has 1 aliphatic heterocycles. The van der Waals surface area contributed by atoms with Crippen molar-refractivity contribution in [1.82, 2.24) is 25.8 Å². The topological polar surface area (TPSA) is 202 Å². The van der Waals surface area contributed by atoms with Crippen LogP contribution in [0.5, 0.6) is 0 Å². The molecule has 14 nitrogen and oxygen atoms in total. The average Bonchev–Trinajstić information content (AvgIpc) is 3.54. The molecule has 14 heteroatoms. The Hall–Kier alpha value is -5.79. The Morgan fingerprint density at radius 2 is 1.54 bits per heavy atom. The summed E-state index contributed by atoms with van der Waals surface area (Å²) in [5, 5.41) is 11.9. The molecule has 6 N–H and O–H groups in total. The number of alkyl carbamates (subject to hydrolysis) is 1. The van der Waals surface area contributed by atoms with E-state index in [1.807, 2.05) is 19.1 Å². The predicted molar refractivity (Wildman–Crippen MR) is 231 cm³/mol. The molecule has 320 valence electrons.